The summed E-state index contributed by atoms with van der Waals surface area (Å²) >= 11 is 13.6. The number of aliphatic imine (C=N–C) groups is 1. The molecule has 16 nitrogen and oxygen atoms in total. The van der Waals surface area contributed by atoms with Crippen molar-refractivity contribution in [3.8, 4) is 0 Å². The van der Waals surface area contributed by atoms with Crippen LogP contribution in [0.4, 0.5) is 0 Å². The number of thiol groups is 1. The van der Waals surface area contributed by atoms with E-state index in [2.05, 4.69) is 31.6 Å². The number of likely N-dealkylation sites (N-methyl/N-ethyl adjacent to an activating group) is 2. The lowest BCUT2D eigenvalue weighted by molar-refractivity contribution is -0.145. The van der Waals surface area contributed by atoms with Crippen molar-refractivity contribution < 1.29 is 28.8 Å². The van der Waals surface area contributed by atoms with Crippen LogP contribution in [0.2, 0.25) is 0 Å². The minimum Gasteiger partial charge on any atom is -0.367 e. The Balaban J connectivity index is 1.06. The molecule has 2 aromatic carbocycles. The summed E-state index contributed by atoms with van der Waals surface area (Å²) in [4.78, 5) is 98.7. The maximum Gasteiger partial charge on any atom is 0.268 e. The Labute approximate surface area is 432 Å². The fourth-order valence-electron chi connectivity index (χ4n) is 10.5. The lowest BCUT2D eigenvalue weighted by Crippen LogP contribution is -2.59. The minimum absolute atomic E-state index is 0.00325. The predicted octanol–water partition coefficient (Wildman–Crippen LogP) is 3.40. The van der Waals surface area contributed by atoms with Crippen molar-refractivity contribution in [2.45, 2.75) is 119 Å². The van der Waals surface area contributed by atoms with Crippen molar-refractivity contribution in [1.82, 2.24) is 46.2 Å². The number of carbonyl (C=O) groups excluding carboxylic acids is 6. The SMILES string of the molecule is CNCC(=S)N[C@H]1CCS[C@H]2CC(C)(C)[C@@H](C(=O)N[C@H](C(=O)N3CCN(C(=O)C(/C=N/C(=O)[C@H]4N5C(=O)[C@@H](NC(S)[C@H](C)NC)CCS[C@H]5CC4(C)C)c4ccccc4)CC3)c3ccccc3)N2C1=O. The molecule has 10 atom stereocenters. The summed E-state index contributed by atoms with van der Waals surface area (Å²) in [6, 6.07) is 14.4. The second-order valence-electron chi connectivity index (χ2n) is 20.3. The number of thiocarbonyl (C=S) groups is 1. The van der Waals surface area contributed by atoms with E-state index in [1.807, 2.05) is 90.2 Å². The molecule has 5 N–H and O–H groups in total. The second kappa shape index (κ2) is 23.2. The molecule has 5 saturated heterocycles. The molecule has 6 amide bonds. The van der Waals surface area contributed by atoms with Crippen molar-refractivity contribution in [3.63, 3.8) is 0 Å². The molecule has 2 unspecified atom stereocenters. The Morgan fingerprint density at radius 1 is 0.786 bits per heavy atom. The molecule has 5 heterocycles. The summed E-state index contributed by atoms with van der Waals surface area (Å²) in [7, 11) is 3.63. The fourth-order valence-corrected chi connectivity index (χ4v) is 14.2. The first-order chi connectivity index (χ1) is 33.4. The lowest BCUT2D eigenvalue weighted by Gasteiger charge is -2.38. The number of rotatable bonds is 15. The summed E-state index contributed by atoms with van der Waals surface area (Å²) in [6.07, 6.45) is 3.83. The molecular weight excluding hydrogens is 965 g/mol. The number of amides is 6. The van der Waals surface area contributed by atoms with E-state index in [1.165, 1.54) is 6.21 Å². The van der Waals surface area contributed by atoms with E-state index in [-0.39, 0.29) is 72.0 Å². The zero-order valence-electron chi connectivity index (χ0n) is 41.3. The van der Waals surface area contributed by atoms with Crippen LogP contribution in [0.5, 0.6) is 0 Å². The number of piperazine rings is 1. The van der Waals surface area contributed by atoms with Crippen LogP contribution in [-0.4, -0.2) is 171 Å². The zero-order chi connectivity index (χ0) is 50.5. The van der Waals surface area contributed by atoms with Crippen LogP contribution in [0.1, 0.15) is 83.4 Å². The monoisotopic (exact) mass is 1030 g/mol. The third-order valence-electron chi connectivity index (χ3n) is 14.4. The maximum absolute atomic E-state index is 14.7. The van der Waals surface area contributed by atoms with Gasteiger partial charge in [-0.05, 0) is 80.2 Å². The highest BCUT2D eigenvalue weighted by Gasteiger charge is 2.56. The van der Waals surface area contributed by atoms with Gasteiger partial charge in [0.25, 0.3) is 5.91 Å². The van der Waals surface area contributed by atoms with Crippen LogP contribution < -0.4 is 26.6 Å². The Kier molecular flexibility index (Phi) is 17.8. The van der Waals surface area contributed by atoms with E-state index < -0.39 is 58.8 Å². The maximum atomic E-state index is 14.7. The van der Waals surface area contributed by atoms with E-state index in [1.54, 1.807) is 62.3 Å². The highest BCUT2D eigenvalue weighted by molar-refractivity contribution is 8.00. The number of carbonyl (C=O) groups is 6. The first-order valence-corrected chi connectivity index (χ1v) is 27.4. The molecule has 380 valence electrons. The van der Waals surface area contributed by atoms with Crippen molar-refractivity contribution in [3.05, 3.63) is 71.8 Å². The summed E-state index contributed by atoms with van der Waals surface area (Å²) in [5.41, 5.74) is 0.0895. The molecule has 5 aliphatic heterocycles. The summed E-state index contributed by atoms with van der Waals surface area (Å²) in [6.45, 7) is 11.2. The fraction of sp³-hybridized carbons (Fsp3) is 0.600. The standard InChI is InChI=1S/C50H70N10O6S4/c1-30(52-7)44(68)55-35-19-25-70-37-26-49(2,3)40(59(37)47(35)65)42(61)53-28-33(31-14-10-8-11-15-31)45(63)57-20-22-58(23-21-57)48(66)39(32-16-12-9-13-17-32)56-43(62)41-50(4,5)27-38-60(41)46(64)34(18-24-69-38)54-36(67)29-51-6/h8-17,28,30,33-35,37-41,44,51-52,55,68H,18-27,29H2,1-7H3,(H,54,67)(H,56,62)/b53-28+/t30-,33?,34-,35-,37-,38-,39-,40+,41+,44?/m0/s1. The Hall–Kier alpha value is -4.05. The number of fused-ring (bicyclic) bond motifs is 2. The quantitative estimate of drug-likeness (QED) is 0.0661. The lowest BCUT2D eigenvalue weighted by atomic mass is 9.83. The number of benzene rings is 2. The van der Waals surface area contributed by atoms with Gasteiger partial charge < -0.3 is 40.9 Å². The molecule has 7 rings (SSSR count). The van der Waals surface area contributed by atoms with Crippen molar-refractivity contribution in [2.75, 3.05) is 58.3 Å². The molecule has 20 heteroatoms. The third-order valence-corrected chi connectivity index (χ3v) is 17.8. The Bertz CT molecular complexity index is 2270. The van der Waals surface area contributed by atoms with Crippen LogP contribution in [0, 0.1) is 10.8 Å². The van der Waals surface area contributed by atoms with E-state index in [4.69, 9.17) is 24.8 Å². The van der Waals surface area contributed by atoms with Gasteiger partial charge in [0, 0.05) is 45.0 Å². The van der Waals surface area contributed by atoms with Crippen LogP contribution in [0.25, 0.3) is 0 Å². The van der Waals surface area contributed by atoms with Gasteiger partial charge in [0.05, 0.1) is 33.1 Å². The first kappa shape index (κ1) is 53.7. The topological polar surface area (TPSA) is 188 Å². The van der Waals surface area contributed by atoms with E-state index >= 15 is 0 Å². The average molecular weight is 1040 g/mol. The Morgan fingerprint density at radius 3 is 1.87 bits per heavy atom. The smallest absolute Gasteiger partial charge is 0.268 e. The molecule has 70 heavy (non-hydrogen) atoms. The van der Waals surface area contributed by atoms with Crippen molar-refractivity contribution in [1.29, 1.82) is 0 Å². The molecule has 0 spiro atoms. The zero-order valence-corrected chi connectivity index (χ0v) is 44.6. The summed E-state index contributed by atoms with van der Waals surface area (Å²) in [5.74, 6) is -1.25. The van der Waals surface area contributed by atoms with E-state index in [9.17, 15) is 28.8 Å². The van der Waals surface area contributed by atoms with Gasteiger partial charge in [0.2, 0.25) is 29.5 Å². The first-order valence-electron chi connectivity index (χ1n) is 24.4. The number of nitrogens with zero attached hydrogens (tertiary/aromatic N) is 5. The van der Waals surface area contributed by atoms with Gasteiger partial charge in [-0.15, -0.1) is 23.5 Å². The summed E-state index contributed by atoms with van der Waals surface area (Å²) < 4.78 is 0. The van der Waals surface area contributed by atoms with Gasteiger partial charge >= 0.3 is 0 Å². The predicted molar refractivity (Wildman–Crippen MR) is 285 cm³/mol. The van der Waals surface area contributed by atoms with Gasteiger partial charge in [0.15, 0.2) is 0 Å². The largest absolute Gasteiger partial charge is 0.367 e. The molecule has 0 saturated carbocycles. The third kappa shape index (κ3) is 11.9. The number of hydrogen-bond acceptors (Lipinski definition) is 13. The van der Waals surface area contributed by atoms with Gasteiger partial charge in [-0.1, -0.05) is 101 Å². The normalized spacial score (nSPS) is 27.1. The van der Waals surface area contributed by atoms with Gasteiger partial charge in [-0.3, -0.25) is 34.1 Å². The molecule has 5 fully saturated rings. The molecule has 0 bridgehead atoms. The number of hydrogen-bond donors (Lipinski definition) is 6. The van der Waals surface area contributed by atoms with Gasteiger partial charge in [0.1, 0.15) is 24.2 Å². The highest BCUT2D eigenvalue weighted by atomic mass is 32.2. The number of thioether (sulfide) groups is 2. The number of nitrogens with one attached hydrogen (secondary N) is 5. The van der Waals surface area contributed by atoms with Crippen LogP contribution in [-0.2, 0) is 28.8 Å². The van der Waals surface area contributed by atoms with E-state index in [0.717, 1.165) is 11.5 Å². The van der Waals surface area contributed by atoms with Crippen LogP contribution in [0.3, 0.4) is 0 Å². The Morgan fingerprint density at radius 2 is 1.30 bits per heavy atom. The molecule has 0 aliphatic carbocycles. The highest BCUT2D eigenvalue weighted by Crippen LogP contribution is 2.48. The van der Waals surface area contributed by atoms with Crippen LogP contribution >= 0.6 is 48.4 Å². The molecule has 5 aliphatic rings. The molecular formula is C50H70N10O6S4. The van der Waals surface area contributed by atoms with Crippen LogP contribution in [0.15, 0.2) is 65.7 Å². The average Bonchev–Trinajstić information content (AvgIpc) is 3.66. The van der Waals surface area contributed by atoms with Gasteiger partial charge in [-0.2, -0.15) is 12.6 Å². The van der Waals surface area contributed by atoms with E-state index in [0.29, 0.717) is 48.3 Å². The van der Waals surface area contributed by atoms with Gasteiger partial charge in [-0.25, -0.2) is 4.99 Å². The molecule has 0 aromatic heterocycles. The van der Waals surface area contributed by atoms with Crippen molar-refractivity contribution in [2.24, 2.45) is 15.8 Å². The summed E-state index contributed by atoms with van der Waals surface area (Å²) in [5, 5.41) is 15.2. The molecule has 0 radical (unpaired) electrons. The molecule has 2 aromatic rings. The second-order valence-corrected chi connectivity index (χ2v) is 23.9. The van der Waals surface area contributed by atoms with Crippen molar-refractivity contribution >= 4 is 95.0 Å². The minimum atomic E-state index is -1.05.